The van der Waals surface area contributed by atoms with Gasteiger partial charge in [0.2, 0.25) is 0 Å². The molecule has 0 saturated carbocycles. The monoisotopic (exact) mass is 325 g/mol. The number of hydrogen-bond acceptors (Lipinski definition) is 3. The molecule has 1 heterocycles. The van der Waals surface area contributed by atoms with E-state index in [9.17, 15) is 9.59 Å². The first-order chi connectivity index (χ1) is 11.6. The van der Waals surface area contributed by atoms with Crippen LogP contribution >= 0.6 is 0 Å². The molecule has 0 radical (unpaired) electrons. The van der Waals surface area contributed by atoms with Gasteiger partial charge < -0.3 is 10.2 Å². The molecule has 5 nitrogen and oxygen atoms in total. The zero-order chi connectivity index (χ0) is 17.5. The summed E-state index contributed by atoms with van der Waals surface area (Å²) < 4.78 is 0. The maximum atomic E-state index is 12.4. The second-order valence-electron chi connectivity index (χ2n) is 5.49. The predicted octanol–water partition coefficient (Wildman–Crippen LogP) is 3.05. The molecule has 1 unspecified atom stereocenters. The van der Waals surface area contributed by atoms with Gasteiger partial charge in [0.1, 0.15) is 11.4 Å². The molecular weight excluding hydrogens is 302 g/mol. The van der Waals surface area contributed by atoms with E-state index >= 15 is 0 Å². The van der Waals surface area contributed by atoms with Crippen molar-refractivity contribution in [2.24, 2.45) is 0 Å². The molecule has 126 valence electrons. The largest absolute Gasteiger partial charge is 0.344 e. The Morgan fingerprint density at radius 3 is 2.25 bits per heavy atom. The number of nitrogens with zero attached hydrogens (tertiary/aromatic N) is 2. The number of carbonyl (C=O) groups is 2. The van der Waals surface area contributed by atoms with Gasteiger partial charge in [0.15, 0.2) is 0 Å². The van der Waals surface area contributed by atoms with Crippen LogP contribution in [0.4, 0.5) is 0 Å². The summed E-state index contributed by atoms with van der Waals surface area (Å²) in [4.78, 5) is 30.7. The molecular formula is C19H23N3O2. The van der Waals surface area contributed by atoms with Crippen molar-refractivity contribution in [3.63, 3.8) is 0 Å². The van der Waals surface area contributed by atoms with E-state index in [2.05, 4.69) is 10.3 Å². The maximum absolute atomic E-state index is 12.4. The lowest BCUT2D eigenvalue weighted by atomic mass is 10.1. The van der Waals surface area contributed by atoms with Crippen LogP contribution in [0.25, 0.3) is 0 Å². The Morgan fingerprint density at radius 2 is 1.62 bits per heavy atom. The Kier molecular flexibility index (Phi) is 6.07. The highest BCUT2D eigenvalue weighted by Crippen LogP contribution is 2.12. The van der Waals surface area contributed by atoms with E-state index in [1.807, 2.05) is 51.1 Å². The number of benzene rings is 1. The molecule has 0 aliphatic heterocycles. The molecule has 1 aromatic heterocycles. The smallest absolute Gasteiger partial charge is 0.272 e. The van der Waals surface area contributed by atoms with Crippen LogP contribution in [0.3, 0.4) is 0 Å². The van der Waals surface area contributed by atoms with Crippen LogP contribution in [0.15, 0.2) is 48.5 Å². The third kappa shape index (κ3) is 4.19. The number of aromatic nitrogens is 1. The first kappa shape index (κ1) is 17.7. The molecule has 24 heavy (non-hydrogen) atoms. The van der Waals surface area contributed by atoms with Crippen molar-refractivity contribution in [2.45, 2.75) is 26.8 Å². The number of pyridine rings is 1. The van der Waals surface area contributed by atoms with Crippen LogP contribution in [0.1, 0.15) is 53.4 Å². The molecule has 1 aromatic carbocycles. The minimum Gasteiger partial charge on any atom is -0.344 e. The summed E-state index contributed by atoms with van der Waals surface area (Å²) in [7, 11) is 0. The van der Waals surface area contributed by atoms with Gasteiger partial charge in [-0.25, -0.2) is 4.98 Å². The molecule has 0 fully saturated rings. The molecule has 2 amide bonds. The van der Waals surface area contributed by atoms with Crippen molar-refractivity contribution < 1.29 is 9.59 Å². The molecule has 5 heteroatoms. The Bertz CT molecular complexity index is 697. The summed E-state index contributed by atoms with van der Waals surface area (Å²) in [6.07, 6.45) is 0. The van der Waals surface area contributed by atoms with Crippen molar-refractivity contribution in [1.29, 1.82) is 0 Å². The normalized spacial score (nSPS) is 11.6. The quantitative estimate of drug-likeness (QED) is 0.888. The molecule has 1 atom stereocenters. The van der Waals surface area contributed by atoms with Crippen molar-refractivity contribution >= 4 is 11.8 Å². The number of amides is 2. The summed E-state index contributed by atoms with van der Waals surface area (Å²) in [5.74, 6) is -0.452. The van der Waals surface area contributed by atoms with Gasteiger partial charge in [0, 0.05) is 13.1 Å². The molecule has 2 aromatic rings. The zero-order valence-electron chi connectivity index (χ0n) is 14.3. The van der Waals surface area contributed by atoms with E-state index in [-0.39, 0.29) is 23.6 Å². The van der Waals surface area contributed by atoms with Crippen LogP contribution in [-0.4, -0.2) is 34.8 Å². The van der Waals surface area contributed by atoms with Crippen LogP contribution in [-0.2, 0) is 0 Å². The lowest BCUT2D eigenvalue weighted by Gasteiger charge is -2.18. The molecule has 0 bridgehead atoms. The maximum Gasteiger partial charge on any atom is 0.272 e. The van der Waals surface area contributed by atoms with Gasteiger partial charge in [-0.1, -0.05) is 36.4 Å². The minimum absolute atomic E-state index is 0.136. The first-order valence-corrected chi connectivity index (χ1v) is 8.19. The second-order valence-corrected chi connectivity index (χ2v) is 5.49. The summed E-state index contributed by atoms with van der Waals surface area (Å²) in [6, 6.07) is 14.5. The third-order valence-electron chi connectivity index (χ3n) is 3.90. The molecule has 1 N–H and O–H groups in total. The van der Waals surface area contributed by atoms with Gasteiger partial charge in [-0.15, -0.1) is 0 Å². The van der Waals surface area contributed by atoms with Gasteiger partial charge in [-0.3, -0.25) is 9.59 Å². The summed E-state index contributed by atoms with van der Waals surface area (Å²) in [5.41, 5.74) is 1.55. The van der Waals surface area contributed by atoms with Gasteiger partial charge in [0.25, 0.3) is 11.8 Å². The van der Waals surface area contributed by atoms with Crippen LogP contribution in [0.5, 0.6) is 0 Å². The van der Waals surface area contributed by atoms with Crippen LogP contribution < -0.4 is 5.32 Å². The predicted molar refractivity (Wildman–Crippen MR) is 93.8 cm³/mol. The average molecular weight is 325 g/mol. The molecule has 0 aliphatic carbocycles. The summed E-state index contributed by atoms with van der Waals surface area (Å²) >= 11 is 0. The molecule has 0 aliphatic rings. The van der Waals surface area contributed by atoms with Gasteiger partial charge in [-0.2, -0.15) is 0 Å². The molecule has 0 spiro atoms. The first-order valence-electron chi connectivity index (χ1n) is 8.19. The third-order valence-corrected chi connectivity index (χ3v) is 3.90. The van der Waals surface area contributed by atoms with Crippen molar-refractivity contribution in [2.75, 3.05) is 13.1 Å². The van der Waals surface area contributed by atoms with Gasteiger partial charge >= 0.3 is 0 Å². The van der Waals surface area contributed by atoms with E-state index in [0.717, 1.165) is 5.56 Å². The van der Waals surface area contributed by atoms with E-state index in [1.54, 1.807) is 23.1 Å². The number of rotatable bonds is 6. The van der Waals surface area contributed by atoms with E-state index < -0.39 is 0 Å². The highest BCUT2D eigenvalue weighted by molar-refractivity contribution is 5.96. The lowest BCUT2D eigenvalue weighted by molar-refractivity contribution is 0.0767. The Balaban J connectivity index is 2.13. The lowest BCUT2D eigenvalue weighted by Crippen LogP contribution is -2.32. The van der Waals surface area contributed by atoms with Crippen molar-refractivity contribution in [3.05, 3.63) is 65.5 Å². The highest BCUT2D eigenvalue weighted by Gasteiger charge is 2.17. The van der Waals surface area contributed by atoms with Crippen LogP contribution in [0.2, 0.25) is 0 Å². The number of carbonyl (C=O) groups excluding carboxylic acids is 2. The zero-order valence-corrected chi connectivity index (χ0v) is 14.3. The second kappa shape index (κ2) is 8.24. The van der Waals surface area contributed by atoms with Crippen molar-refractivity contribution in [3.8, 4) is 0 Å². The van der Waals surface area contributed by atoms with Crippen LogP contribution in [0, 0.1) is 0 Å². The van der Waals surface area contributed by atoms with E-state index in [0.29, 0.717) is 18.8 Å². The fourth-order valence-corrected chi connectivity index (χ4v) is 2.45. The number of nitrogens with one attached hydrogen (secondary N) is 1. The van der Waals surface area contributed by atoms with Gasteiger partial charge in [0.05, 0.1) is 6.04 Å². The Labute approximate surface area is 142 Å². The average Bonchev–Trinajstić information content (AvgIpc) is 2.63. The standard InChI is InChI=1S/C19H23N3O2/c1-4-22(5-2)19(24)17-13-9-12-16(21-17)18(23)20-14(3)15-10-7-6-8-11-15/h6-14H,4-5H2,1-3H3,(H,20,23). The Morgan fingerprint density at radius 1 is 1.00 bits per heavy atom. The summed E-state index contributed by atoms with van der Waals surface area (Å²) in [5, 5.41) is 2.91. The minimum atomic E-state index is -0.291. The fraction of sp³-hybridized carbons (Fsp3) is 0.316. The Hall–Kier alpha value is -2.69. The SMILES string of the molecule is CCN(CC)C(=O)c1cccc(C(=O)NC(C)c2ccccc2)n1. The van der Waals surface area contributed by atoms with E-state index in [4.69, 9.17) is 0 Å². The molecule has 0 saturated heterocycles. The fourth-order valence-electron chi connectivity index (χ4n) is 2.45. The highest BCUT2D eigenvalue weighted by atomic mass is 16.2. The number of hydrogen-bond donors (Lipinski definition) is 1. The van der Waals surface area contributed by atoms with Crippen molar-refractivity contribution in [1.82, 2.24) is 15.2 Å². The molecule has 2 rings (SSSR count). The summed E-state index contributed by atoms with van der Waals surface area (Å²) in [6.45, 7) is 6.97. The topological polar surface area (TPSA) is 62.3 Å². The van der Waals surface area contributed by atoms with Gasteiger partial charge in [-0.05, 0) is 38.5 Å². The van der Waals surface area contributed by atoms with E-state index in [1.165, 1.54) is 0 Å².